The van der Waals surface area contributed by atoms with Gasteiger partial charge in [0.05, 0.1) is 25.1 Å². The van der Waals surface area contributed by atoms with Crippen LogP contribution in [0.3, 0.4) is 0 Å². The van der Waals surface area contributed by atoms with Crippen molar-refractivity contribution in [3.63, 3.8) is 0 Å². The lowest BCUT2D eigenvalue weighted by Gasteiger charge is -2.34. The van der Waals surface area contributed by atoms with E-state index in [1.54, 1.807) is 7.11 Å². The van der Waals surface area contributed by atoms with Gasteiger partial charge < -0.3 is 9.47 Å². The molecule has 0 unspecified atom stereocenters. The fraction of sp³-hybridized carbons (Fsp3) is 0.600. The summed E-state index contributed by atoms with van der Waals surface area (Å²) in [6.07, 6.45) is 2.49. The minimum atomic E-state index is -3.46. The average molecular weight is 314 g/mol. The van der Waals surface area contributed by atoms with Crippen molar-refractivity contribution in [1.29, 1.82) is 0 Å². The topological polar surface area (TPSA) is 61.8 Å². The highest BCUT2D eigenvalue weighted by atomic mass is 32.2. The van der Waals surface area contributed by atoms with Crippen LogP contribution >= 0.6 is 0 Å². The van der Waals surface area contributed by atoms with E-state index in [1.165, 1.54) is 0 Å². The van der Waals surface area contributed by atoms with Gasteiger partial charge in [0.2, 0.25) is 0 Å². The Morgan fingerprint density at radius 1 is 1.14 bits per heavy atom. The van der Waals surface area contributed by atoms with Gasteiger partial charge in [-0.15, -0.1) is 0 Å². The first-order valence-corrected chi connectivity index (χ1v) is 8.86. The summed E-state index contributed by atoms with van der Waals surface area (Å²) in [6.45, 7) is 0.555. The number of ether oxygens (including phenoxy) is 2. The van der Waals surface area contributed by atoms with E-state index in [0.717, 1.165) is 18.2 Å². The smallest absolute Gasteiger partial charge is 0.264 e. The van der Waals surface area contributed by atoms with Crippen molar-refractivity contribution in [2.45, 2.75) is 44.2 Å². The van der Waals surface area contributed by atoms with E-state index in [4.69, 9.17) is 13.7 Å². The molecule has 0 spiro atoms. The van der Waals surface area contributed by atoms with Crippen molar-refractivity contribution in [1.82, 2.24) is 0 Å². The Morgan fingerprint density at radius 3 is 2.48 bits per heavy atom. The van der Waals surface area contributed by atoms with Gasteiger partial charge in [0.15, 0.2) is 0 Å². The van der Waals surface area contributed by atoms with Gasteiger partial charge in [-0.2, -0.15) is 8.42 Å². The quantitative estimate of drug-likeness (QED) is 0.753. The number of rotatable bonds is 6. The summed E-state index contributed by atoms with van der Waals surface area (Å²) in [5.41, 5.74) is 1.13. The second-order valence-corrected chi connectivity index (χ2v) is 6.95. The van der Waals surface area contributed by atoms with Gasteiger partial charge in [-0.25, -0.2) is 0 Å². The van der Waals surface area contributed by atoms with E-state index in [-0.39, 0.29) is 12.2 Å². The molecule has 5 nitrogen and oxygen atoms in total. The number of hydrogen-bond donors (Lipinski definition) is 0. The molecule has 118 valence electrons. The van der Waals surface area contributed by atoms with E-state index >= 15 is 0 Å². The number of benzene rings is 1. The van der Waals surface area contributed by atoms with E-state index in [0.29, 0.717) is 19.4 Å². The lowest BCUT2D eigenvalue weighted by atomic mass is 9.92. The normalized spacial score (nSPS) is 26.7. The Balaban J connectivity index is 1.86. The van der Waals surface area contributed by atoms with Crippen LogP contribution in [-0.4, -0.2) is 40.1 Å². The van der Waals surface area contributed by atoms with Crippen molar-refractivity contribution in [3.8, 4) is 0 Å². The second kappa shape index (κ2) is 7.35. The van der Waals surface area contributed by atoms with Gasteiger partial charge in [0.25, 0.3) is 10.1 Å². The molecule has 0 aliphatic heterocycles. The summed E-state index contributed by atoms with van der Waals surface area (Å²) in [5, 5.41) is 0. The molecule has 1 fully saturated rings. The zero-order valence-electron chi connectivity index (χ0n) is 12.4. The van der Waals surface area contributed by atoms with Gasteiger partial charge >= 0.3 is 0 Å². The third kappa shape index (κ3) is 5.39. The highest BCUT2D eigenvalue weighted by Gasteiger charge is 2.34. The molecule has 21 heavy (non-hydrogen) atoms. The maximum absolute atomic E-state index is 11.2. The second-order valence-electron chi connectivity index (χ2n) is 5.34. The van der Waals surface area contributed by atoms with Crippen LogP contribution in [0.5, 0.6) is 0 Å². The van der Waals surface area contributed by atoms with Crippen LogP contribution in [-0.2, 0) is 30.4 Å². The minimum absolute atomic E-state index is 0.0644. The van der Waals surface area contributed by atoms with Crippen molar-refractivity contribution < 1.29 is 22.1 Å². The van der Waals surface area contributed by atoms with E-state index in [9.17, 15) is 8.42 Å². The molecule has 2 rings (SSSR count). The first-order chi connectivity index (χ1) is 9.98. The fourth-order valence-electron chi connectivity index (χ4n) is 2.59. The van der Waals surface area contributed by atoms with Crippen molar-refractivity contribution in [2.75, 3.05) is 13.4 Å². The zero-order chi connectivity index (χ0) is 15.3. The standard InChI is InChI=1S/C15H22O5S/c1-18-15-10-13(8-9-14(15)20-21(2,16)17)19-11-12-6-4-3-5-7-12/h3-7,13-15H,8-11H2,1-2H3/t13-,14-,15+/m1/s1. The first kappa shape index (κ1) is 16.4. The Morgan fingerprint density at radius 2 is 1.86 bits per heavy atom. The molecule has 1 aromatic carbocycles. The van der Waals surface area contributed by atoms with E-state index < -0.39 is 16.2 Å². The Bertz CT molecular complexity index is 528. The summed E-state index contributed by atoms with van der Waals surface area (Å²) in [6, 6.07) is 9.97. The molecule has 0 saturated heterocycles. The highest BCUT2D eigenvalue weighted by Crippen LogP contribution is 2.27. The predicted molar refractivity (Wildman–Crippen MR) is 79.4 cm³/mol. The van der Waals surface area contributed by atoms with Crippen LogP contribution in [0.1, 0.15) is 24.8 Å². The Hall–Kier alpha value is -0.950. The molecular weight excluding hydrogens is 292 g/mol. The lowest BCUT2D eigenvalue weighted by molar-refractivity contribution is -0.0823. The molecule has 0 N–H and O–H groups in total. The predicted octanol–water partition coefficient (Wildman–Crippen LogP) is 2.12. The molecule has 0 amide bonds. The van der Waals surface area contributed by atoms with Crippen LogP contribution in [0, 0.1) is 0 Å². The third-order valence-electron chi connectivity index (χ3n) is 3.61. The Labute approximate surface area is 126 Å². The maximum atomic E-state index is 11.2. The molecule has 1 aliphatic carbocycles. The van der Waals surface area contributed by atoms with E-state index in [1.807, 2.05) is 30.3 Å². The number of hydrogen-bond acceptors (Lipinski definition) is 5. The monoisotopic (exact) mass is 314 g/mol. The fourth-order valence-corrected chi connectivity index (χ4v) is 3.26. The van der Waals surface area contributed by atoms with Crippen LogP contribution in [0.15, 0.2) is 30.3 Å². The maximum Gasteiger partial charge on any atom is 0.264 e. The molecule has 0 radical (unpaired) electrons. The molecule has 1 aromatic rings. The molecular formula is C15H22O5S. The SMILES string of the molecule is CO[C@H]1C[C@H](OCc2ccccc2)CC[C@H]1OS(C)(=O)=O. The molecule has 6 heteroatoms. The largest absolute Gasteiger partial charge is 0.379 e. The van der Waals surface area contributed by atoms with Gasteiger partial charge in [-0.05, 0) is 18.4 Å². The molecule has 3 atom stereocenters. The summed E-state index contributed by atoms with van der Waals surface area (Å²) < 4.78 is 38.8. The summed E-state index contributed by atoms with van der Waals surface area (Å²) in [5.74, 6) is 0. The van der Waals surface area contributed by atoms with Crippen molar-refractivity contribution in [2.24, 2.45) is 0 Å². The molecule has 1 saturated carbocycles. The molecule has 0 bridgehead atoms. The average Bonchev–Trinajstić information content (AvgIpc) is 2.46. The first-order valence-electron chi connectivity index (χ1n) is 7.04. The minimum Gasteiger partial charge on any atom is -0.379 e. The zero-order valence-corrected chi connectivity index (χ0v) is 13.2. The number of methoxy groups -OCH3 is 1. The molecule has 0 aromatic heterocycles. The summed E-state index contributed by atoms with van der Waals surface area (Å²) in [4.78, 5) is 0. The van der Waals surface area contributed by atoms with Crippen LogP contribution in [0.2, 0.25) is 0 Å². The van der Waals surface area contributed by atoms with Crippen LogP contribution in [0.25, 0.3) is 0 Å². The van der Waals surface area contributed by atoms with Crippen LogP contribution in [0.4, 0.5) is 0 Å². The third-order valence-corrected chi connectivity index (χ3v) is 4.21. The van der Waals surface area contributed by atoms with Crippen molar-refractivity contribution in [3.05, 3.63) is 35.9 Å². The van der Waals surface area contributed by atoms with Crippen molar-refractivity contribution >= 4 is 10.1 Å². The van der Waals surface area contributed by atoms with E-state index in [2.05, 4.69) is 0 Å². The van der Waals surface area contributed by atoms with Gasteiger partial charge in [0, 0.05) is 13.5 Å². The Kier molecular flexibility index (Phi) is 5.75. The molecule has 0 heterocycles. The lowest BCUT2D eigenvalue weighted by Crippen LogP contribution is -2.41. The van der Waals surface area contributed by atoms with Crippen LogP contribution < -0.4 is 0 Å². The summed E-state index contributed by atoms with van der Waals surface area (Å²) >= 11 is 0. The molecule has 1 aliphatic rings. The van der Waals surface area contributed by atoms with Gasteiger partial charge in [-0.1, -0.05) is 30.3 Å². The summed E-state index contributed by atoms with van der Waals surface area (Å²) in [7, 11) is -1.89. The van der Waals surface area contributed by atoms with Gasteiger partial charge in [0.1, 0.15) is 6.10 Å². The highest BCUT2D eigenvalue weighted by molar-refractivity contribution is 7.86. The van der Waals surface area contributed by atoms with Gasteiger partial charge in [-0.3, -0.25) is 4.18 Å².